The van der Waals surface area contributed by atoms with E-state index in [0.29, 0.717) is 6.42 Å². The molecule has 2 rings (SSSR count). The van der Waals surface area contributed by atoms with Gasteiger partial charge < -0.3 is 0 Å². The molecular formula is C15H22N2O. The molecule has 1 aliphatic heterocycles. The predicted octanol–water partition coefficient (Wildman–Crippen LogP) is 3.29. The standard InChI is InChI=1S/C15H22N2O/c1-15(2,3)12-8-7-9-13(16-12)17-11-6-4-5-10-14(17)18/h7-9H,4-6,10-11H2,1-3H3. The molecule has 18 heavy (non-hydrogen) atoms. The van der Waals surface area contributed by atoms with E-state index < -0.39 is 0 Å². The molecule has 1 fully saturated rings. The highest BCUT2D eigenvalue weighted by Crippen LogP contribution is 2.24. The number of carbonyl (C=O) groups excluding carboxylic acids is 1. The van der Waals surface area contributed by atoms with Gasteiger partial charge in [0.2, 0.25) is 5.91 Å². The third-order valence-electron chi connectivity index (χ3n) is 3.35. The Morgan fingerprint density at radius 1 is 1.17 bits per heavy atom. The van der Waals surface area contributed by atoms with Gasteiger partial charge in [0, 0.05) is 24.1 Å². The number of hydrogen-bond donors (Lipinski definition) is 0. The molecule has 2 heterocycles. The van der Waals surface area contributed by atoms with E-state index >= 15 is 0 Å². The predicted molar refractivity (Wildman–Crippen MR) is 73.8 cm³/mol. The Morgan fingerprint density at radius 2 is 1.94 bits per heavy atom. The van der Waals surface area contributed by atoms with Crippen LogP contribution >= 0.6 is 0 Å². The van der Waals surface area contributed by atoms with Crippen molar-refractivity contribution >= 4 is 11.7 Å². The van der Waals surface area contributed by atoms with E-state index in [4.69, 9.17) is 0 Å². The lowest BCUT2D eigenvalue weighted by molar-refractivity contribution is -0.118. The second kappa shape index (κ2) is 5.09. The van der Waals surface area contributed by atoms with Crippen LogP contribution in [0.3, 0.4) is 0 Å². The van der Waals surface area contributed by atoms with Gasteiger partial charge in [-0.15, -0.1) is 0 Å². The lowest BCUT2D eigenvalue weighted by Crippen LogP contribution is -2.31. The van der Waals surface area contributed by atoms with Crippen molar-refractivity contribution in [2.75, 3.05) is 11.4 Å². The van der Waals surface area contributed by atoms with Crippen LogP contribution in [0.5, 0.6) is 0 Å². The van der Waals surface area contributed by atoms with Gasteiger partial charge in [-0.2, -0.15) is 0 Å². The zero-order valence-corrected chi connectivity index (χ0v) is 11.6. The first-order chi connectivity index (χ1) is 8.48. The van der Waals surface area contributed by atoms with Crippen LogP contribution in [0.15, 0.2) is 18.2 Å². The van der Waals surface area contributed by atoms with E-state index in [1.165, 1.54) is 0 Å². The molecule has 98 valence electrons. The quantitative estimate of drug-likeness (QED) is 0.762. The summed E-state index contributed by atoms with van der Waals surface area (Å²) in [6, 6.07) is 5.98. The van der Waals surface area contributed by atoms with Gasteiger partial charge in [0.25, 0.3) is 0 Å². The van der Waals surface area contributed by atoms with E-state index in [0.717, 1.165) is 37.3 Å². The number of hydrogen-bond acceptors (Lipinski definition) is 2. The zero-order chi connectivity index (χ0) is 13.2. The van der Waals surface area contributed by atoms with Crippen LogP contribution in [0.25, 0.3) is 0 Å². The second-order valence-corrected chi connectivity index (χ2v) is 5.99. The summed E-state index contributed by atoms with van der Waals surface area (Å²) in [5.74, 6) is 1.03. The van der Waals surface area contributed by atoms with Crippen molar-refractivity contribution in [3.05, 3.63) is 23.9 Å². The maximum absolute atomic E-state index is 12.1. The summed E-state index contributed by atoms with van der Waals surface area (Å²) in [7, 11) is 0. The fourth-order valence-electron chi connectivity index (χ4n) is 2.22. The van der Waals surface area contributed by atoms with E-state index in [2.05, 4.69) is 25.8 Å². The Bertz CT molecular complexity index is 434. The van der Waals surface area contributed by atoms with E-state index in [1.807, 2.05) is 23.1 Å². The Labute approximate surface area is 109 Å². The van der Waals surface area contributed by atoms with Gasteiger partial charge in [0.05, 0.1) is 0 Å². The number of nitrogens with zero attached hydrogens (tertiary/aromatic N) is 2. The molecule has 0 spiro atoms. The highest BCUT2D eigenvalue weighted by atomic mass is 16.2. The average Bonchev–Trinajstić information content (AvgIpc) is 2.53. The molecule has 1 aromatic rings. The molecule has 3 nitrogen and oxygen atoms in total. The highest BCUT2D eigenvalue weighted by molar-refractivity contribution is 5.92. The largest absolute Gasteiger partial charge is 0.297 e. The van der Waals surface area contributed by atoms with Crippen LogP contribution in [0, 0.1) is 0 Å². The molecule has 0 N–H and O–H groups in total. The van der Waals surface area contributed by atoms with Crippen LogP contribution in [-0.2, 0) is 10.2 Å². The summed E-state index contributed by atoms with van der Waals surface area (Å²) in [4.78, 5) is 18.6. The summed E-state index contributed by atoms with van der Waals surface area (Å²) in [6.07, 6.45) is 3.88. The minimum Gasteiger partial charge on any atom is -0.297 e. The Kier molecular flexibility index (Phi) is 3.69. The number of aromatic nitrogens is 1. The second-order valence-electron chi connectivity index (χ2n) is 5.99. The summed E-state index contributed by atoms with van der Waals surface area (Å²) >= 11 is 0. The summed E-state index contributed by atoms with van der Waals surface area (Å²) < 4.78 is 0. The van der Waals surface area contributed by atoms with Crippen molar-refractivity contribution in [3.8, 4) is 0 Å². The first kappa shape index (κ1) is 13.1. The maximum atomic E-state index is 12.1. The molecule has 3 heteroatoms. The van der Waals surface area contributed by atoms with Gasteiger partial charge in [-0.05, 0) is 25.0 Å². The van der Waals surface area contributed by atoms with E-state index in [9.17, 15) is 4.79 Å². The monoisotopic (exact) mass is 246 g/mol. The van der Waals surface area contributed by atoms with Crippen LogP contribution in [0.1, 0.15) is 52.1 Å². The third-order valence-corrected chi connectivity index (χ3v) is 3.35. The third kappa shape index (κ3) is 2.89. The van der Waals surface area contributed by atoms with Gasteiger partial charge >= 0.3 is 0 Å². The molecule has 1 aromatic heterocycles. The number of amides is 1. The summed E-state index contributed by atoms with van der Waals surface area (Å²) in [5, 5.41) is 0. The van der Waals surface area contributed by atoms with Crippen LogP contribution in [0.4, 0.5) is 5.82 Å². The maximum Gasteiger partial charge on any atom is 0.228 e. The summed E-state index contributed by atoms with van der Waals surface area (Å²) in [5.41, 5.74) is 1.06. The van der Waals surface area contributed by atoms with Crippen molar-refractivity contribution in [1.29, 1.82) is 0 Å². The SMILES string of the molecule is CC(C)(C)c1cccc(N2CCCCCC2=O)n1. The smallest absolute Gasteiger partial charge is 0.228 e. The van der Waals surface area contributed by atoms with Crippen LogP contribution in [-0.4, -0.2) is 17.4 Å². The summed E-state index contributed by atoms with van der Waals surface area (Å²) in [6.45, 7) is 7.23. The van der Waals surface area contributed by atoms with Gasteiger partial charge in [-0.3, -0.25) is 9.69 Å². The normalized spacial score (nSPS) is 17.7. The van der Waals surface area contributed by atoms with Crippen molar-refractivity contribution in [2.45, 2.75) is 51.9 Å². The minimum atomic E-state index is 0.0188. The molecule has 1 saturated heterocycles. The van der Waals surface area contributed by atoms with Crippen LogP contribution in [0.2, 0.25) is 0 Å². The Hall–Kier alpha value is -1.38. The van der Waals surface area contributed by atoms with Gasteiger partial charge in [-0.25, -0.2) is 4.98 Å². The van der Waals surface area contributed by atoms with Gasteiger partial charge in [-0.1, -0.05) is 33.3 Å². The fraction of sp³-hybridized carbons (Fsp3) is 0.600. The highest BCUT2D eigenvalue weighted by Gasteiger charge is 2.21. The molecule has 0 bridgehead atoms. The van der Waals surface area contributed by atoms with Crippen molar-refractivity contribution in [2.24, 2.45) is 0 Å². The first-order valence-electron chi connectivity index (χ1n) is 6.76. The molecule has 0 aromatic carbocycles. The fourth-order valence-corrected chi connectivity index (χ4v) is 2.22. The first-order valence-corrected chi connectivity index (χ1v) is 6.76. The minimum absolute atomic E-state index is 0.0188. The van der Waals surface area contributed by atoms with Gasteiger partial charge in [0.1, 0.15) is 5.82 Å². The number of carbonyl (C=O) groups is 1. The van der Waals surface area contributed by atoms with Crippen LogP contribution < -0.4 is 4.90 Å². The average molecular weight is 246 g/mol. The Morgan fingerprint density at radius 3 is 2.67 bits per heavy atom. The van der Waals surface area contributed by atoms with E-state index in [1.54, 1.807) is 0 Å². The lowest BCUT2D eigenvalue weighted by Gasteiger charge is -2.23. The Balaban J connectivity index is 2.29. The molecule has 0 aliphatic carbocycles. The number of anilines is 1. The molecule has 0 saturated carbocycles. The lowest BCUT2D eigenvalue weighted by atomic mass is 9.92. The molecule has 0 unspecified atom stereocenters. The molecular weight excluding hydrogens is 224 g/mol. The molecule has 0 atom stereocenters. The molecule has 0 radical (unpaired) electrons. The van der Waals surface area contributed by atoms with Crippen molar-refractivity contribution in [3.63, 3.8) is 0 Å². The zero-order valence-electron chi connectivity index (χ0n) is 11.6. The molecule has 1 aliphatic rings. The molecule has 1 amide bonds. The number of pyridine rings is 1. The van der Waals surface area contributed by atoms with Crippen molar-refractivity contribution < 1.29 is 4.79 Å². The topological polar surface area (TPSA) is 33.2 Å². The number of rotatable bonds is 1. The van der Waals surface area contributed by atoms with E-state index in [-0.39, 0.29) is 11.3 Å². The van der Waals surface area contributed by atoms with Crippen molar-refractivity contribution in [1.82, 2.24) is 4.98 Å². The van der Waals surface area contributed by atoms with Gasteiger partial charge in [0.15, 0.2) is 0 Å².